The highest BCUT2D eigenvalue weighted by Gasteiger charge is 2.10. The Bertz CT molecular complexity index is 988. The van der Waals surface area contributed by atoms with Crippen molar-refractivity contribution in [2.45, 2.75) is 19.8 Å². The van der Waals surface area contributed by atoms with Gasteiger partial charge in [0.2, 0.25) is 0 Å². The van der Waals surface area contributed by atoms with E-state index in [4.69, 9.17) is 16.9 Å². The maximum Gasteiger partial charge on any atom is 0.141 e. The number of aromatic nitrogens is 1. The van der Waals surface area contributed by atoms with Gasteiger partial charge in [0.25, 0.3) is 0 Å². The Morgan fingerprint density at radius 1 is 1.04 bits per heavy atom. The van der Waals surface area contributed by atoms with Crippen LogP contribution in [0.1, 0.15) is 22.4 Å². The molecule has 0 amide bonds. The number of halogens is 1. The maximum absolute atomic E-state index is 12.4. The molecule has 26 heavy (non-hydrogen) atoms. The summed E-state index contributed by atoms with van der Waals surface area (Å²) in [5, 5.41) is 9.69. The number of rotatable bonds is 5. The first kappa shape index (κ1) is 17.8. The average Bonchev–Trinajstić information content (AvgIpc) is 2.62. The van der Waals surface area contributed by atoms with Crippen molar-refractivity contribution in [2.75, 3.05) is 0 Å². The summed E-state index contributed by atoms with van der Waals surface area (Å²) in [4.78, 5) is 16.6. The Hall–Kier alpha value is -2.96. The van der Waals surface area contributed by atoms with E-state index < -0.39 is 0 Å². The SMILES string of the molecule is Cc1cc(-c2ccc(CC(=O)Cc3cc(Cl)ccc3C#N)cc2)ccn1. The lowest BCUT2D eigenvalue weighted by molar-refractivity contribution is -0.117. The fourth-order valence-corrected chi connectivity index (χ4v) is 3.06. The molecule has 0 aliphatic rings. The van der Waals surface area contributed by atoms with Crippen LogP contribution in [-0.4, -0.2) is 10.8 Å². The number of hydrogen-bond donors (Lipinski definition) is 0. The van der Waals surface area contributed by atoms with Crippen molar-refractivity contribution in [1.29, 1.82) is 5.26 Å². The van der Waals surface area contributed by atoms with Crippen LogP contribution in [0.25, 0.3) is 11.1 Å². The molecule has 0 bridgehead atoms. The zero-order chi connectivity index (χ0) is 18.5. The molecule has 0 atom stereocenters. The van der Waals surface area contributed by atoms with Gasteiger partial charge in [0.05, 0.1) is 11.6 Å². The number of carbonyl (C=O) groups is 1. The fraction of sp³-hybridized carbons (Fsp3) is 0.136. The van der Waals surface area contributed by atoms with E-state index in [2.05, 4.69) is 11.1 Å². The third-order valence-corrected chi connectivity index (χ3v) is 4.40. The van der Waals surface area contributed by atoms with Gasteiger partial charge in [0.15, 0.2) is 0 Å². The molecule has 0 N–H and O–H groups in total. The first-order valence-electron chi connectivity index (χ1n) is 8.27. The molecule has 2 aromatic carbocycles. The monoisotopic (exact) mass is 360 g/mol. The molecule has 0 saturated heterocycles. The minimum absolute atomic E-state index is 0.0521. The van der Waals surface area contributed by atoms with Gasteiger partial charge in [0, 0.05) is 29.8 Å². The molecule has 0 fully saturated rings. The number of hydrogen-bond acceptors (Lipinski definition) is 3. The van der Waals surface area contributed by atoms with Crippen molar-refractivity contribution in [3.63, 3.8) is 0 Å². The number of Topliss-reactive ketones (excluding diaryl/α,β-unsaturated/α-hetero) is 1. The summed E-state index contributed by atoms with van der Waals surface area (Å²) >= 11 is 5.98. The van der Waals surface area contributed by atoms with Crippen LogP contribution in [0.15, 0.2) is 60.8 Å². The van der Waals surface area contributed by atoms with Gasteiger partial charge in [-0.25, -0.2) is 0 Å². The molecule has 1 heterocycles. The molecule has 0 aliphatic heterocycles. The van der Waals surface area contributed by atoms with E-state index in [1.54, 1.807) is 24.4 Å². The zero-order valence-corrected chi connectivity index (χ0v) is 15.1. The predicted molar refractivity (Wildman–Crippen MR) is 103 cm³/mol. The Balaban J connectivity index is 1.71. The van der Waals surface area contributed by atoms with Gasteiger partial charge < -0.3 is 0 Å². The number of ketones is 1. The molecule has 3 nitrogen and oxygen atoms in total. The Kier molecular flexibility index (Phi) is 5.46. The minimum Gasteiger partial charge on any atom is -0.299 e. The highest BCUT2D eigenvalue weighted by atomic mass is 35.5. The van der Waals surface area contributed by atoms with Crippen molar-refractivity contribution in [3.8, 4) is 17.2 Å². The molecule has 0 radical (unpaired) electrons. The van der Waals surface area contributed by atoms with Crippen LogP contribution in [0.4, 0.5) is 0 Å². The van der Waals surface area contributed by atoms with Gasteiger partial charge in [-0.15, -0.1) is 0 Å². The summed E-state index contributed by atoms with van der Waals surface area (Å²) in [6.07, 6.45) is 2.32. The molecular formula is C22H17ClN2O. The number of aryl methyl sites for hydroxylation is 1. The van der Waals surface area contributed by atoms with Crippen LogP contribution >= 0.6 is 11.6 Å². The summed E-state index contributed by atoms with van der Waals surface area (Å²) < 4.78 is 0. The molecular weight excluding hydrogens is 344 g/mol. The van der Waals surface area contributed by atoms with E-state index in [0.717, 1.165) is 22.4 Å². The average molecular weight is 361 g/mol. The second kappa shape index (κ2) is 7.95. The van der Waals surface area contributed by atoms with Gasteiger partial charge in [-0.05, 0) is 59.5 Å². The number of benzene rings is 2. The van der Waals surface area contributed by atoms with Crippen LogP contribution in [0, 0.1) is 18.3 Å². The van der Waals surface area contributed by atoms with Crippen molar-refractivity contribution < 1.29 is 4.79 Å². The minimum atomic E-state index is 0.0521. The van der Waals surface area contributed by atoms with Crippen LogP contribution in [0.2, 0.25) is 5.02 Å². The smallest absolute Gasteiger partial charge is 0.141 e. The van der Waals surface area contributed by atoms with E-state index in [-0.39, 0.29) is 12.2 Å². The molecule has 4 heteroatoms. The van der Waals surface area contributed by atoms with Gasteiger partial charge >= 0.3 is 0 Å². The number of nitrogens with zero attached hydrogens (tertiary/aromatic N) is 2. The number of pyridine rings is 1. The third kappa shape index (κ3) is 4.36. The molecule has 0 saturated carbocycles. The van der Waals surface area contributed by atoms with Crippen molar-refractivity contribution >= 4 is 17.4 Å². The Morgan fingerprint density at radius 2 is 1.81 bits per heavy atom. The summed E-state index contributed by atoms with van der Waals surface area (Å²) in [6, 6.07) is 19.1. The first-order valence-corrected chi connectivity index (χ1v) is 8.65. The lowest BCUT2D eigenvalue weighted by Gasteiger charge is -2.06. The quantitative estimate of drug-likeness (QED) is 0.647. The zero-order valence-electron chi connectivity index (χ0n) is 14.4. The van der Waals surface area contributed by atoms with E-state index in [1.807, 2.05) is 43.3 Å². The molecule has 3 aromatic rings. The molecule has 0 unspecified atom stereocenters. The highest BCUT2D eigenvalue weighted by Crippen LogP contribution is 2.21. The summed E-state index contributed by atoms with van der Waals surface area (Å²) in [5.41, 5.74) is 5.28. The summed E-state index contributed by atoms with van der Waals surface area (Å²) in [7, 11) is 0. The molecule has 0 aliphatic carbocycles. The van der Waals surface area contributed by atoms with Crippen molar-refractivity contribution in [2.24, 2.45) is 0 Å². The van der Waals surface area contributed by atoms with E-state index >= 15 is 0 Å². The second-order valence-corrected chi connectivity index (χ2v) is 6.62. The molecule has 3 rings (SSSR count). The Labute approximate surface area is 157 Å². The summed E-state index contributed by atoms with van der Waals surface area (Å²) in [5.74, 6) is 0.0521. The lowest BCUT2D eigenvalue weighted by Crippen LogP contribution is -2.08. The van der Waals surface area contributed by atoms with Crippen LogP contribution in [0.3, 0.4) is 0 Å². The van der Waals surface area contributed by atoms with Crippen molar-refractivity contribution in [3.05, 3.63) is 88.2 Å². The van der Waals surface area contributed by atoms with E-state index in [9.17, 15) is 4.79 Å². The van der Waals surface area contributed by atoms with E-state index in [1.165, 1.54) is 0 Å². The van der Waals surface area contributed by atoms with E-state index in [0.29, 0.717) is 22.6 Å². The highest BCUT2D eigenvalue weighted by molar-refractivity contribution is 6.30. The van der Waals surface area contributed by atoms with Gasteiger partial charge in [-0.2, -0.15) is 5.26 Å². The molecule has 128 valence electrons. The fourth-order valence-electron chi connectivity index (χ4n) is 2.86. The van der Waals surface area contributed by atoms with Gasteiger partial charge in [0.1, 0.15) is 5.78 Å². The van der Waals surface area contributed by atoms with Crippen LogP contribution in [-0.2, 0) is 17.6 Å². The topological polar surface area (TPSA) is 53.8 Å². The van der Waals surface area contributed by atoms with Crippen LogP contribution < -0.4 is 0 Å². The summed E-state index contributed by atoms with van der Waals surface area (Å²) in [6.45, 7) is 1.96. The third-order valence-electron chi connectivity index (χ3n) is 4.16. The molecule has 1 aromatic heterocycles. The number of nitriles is 1. The predicted octanol–water partition coefficient (Wildman–Crippen LogP) is 4.94. The Morgan fingerprint density at radius 3 is 2.50 bits per heavy atom. The second-order valence-electron chi connectivity index (χ2n) is 6.19. The van der Waals surface area contributed by atoms with Crippen molar-refractivity contribution in [1.82, 2.24) is 4.98 Å². The number of carbonyl (C=O) groups excluding carboxylic acids is 1. The normalized spacial score (nSPS) is 10.3. The van der Waals surface area contributed by atoms with Gasteiger partial charge in [-0.1, -0.05) is 35.9 Å². The maximum atomic E-state index is 12.4. The lowest BCUT2D eigenvalue weighted by atomic mass is 9.98. The first-order chi connectivity index (χ1) is 12.5. The van der Waals surface area contributed by atoms with Crippen LogP contribution in [0.5, 0.6) is 0 Å². The largest absolute Gasteiger partial charge is 0.299 e. The molecule has 0 spiro atoms. The van der Waals surface area contributed by atoms with Gasteiger partial charge in [-0.3, -0.25) is 9.78 Å². The standard InChI is InChI=1S/C22H17ClN2O/c1-15-10-18(8-9-25-15)17-4-2-16(3-5-17)11-22(26)13-20-12-21(23)7-6-19(20)14-24/h2-10,12H,11,13H2,1H3.